The lowest BCUT2D eigenvalue weighted by atomic mass is 10.1. The van der Waals surface area contributed by atoms with E-state index in [1.165, 1.54) is 7.11 Å². The van der Waals surface area contributed by atoms with Gasteiger partial charge in [-0.15, -0.1) is 0 Å². The third-order valence-electron chi connectivity index (χ3n) is 2.77. The van der Waals surface area contributed by atoms with Gasteiger partial charge in [0.1, 0.15) is 6.04 Å². The molecule has 0 saturated carbocycles. The summed E-state index contributed by atoms with van der Waals surface area (Å²) in [7, 11) is 1.41. The number of ether oxygens (including phenoxy) is 1. The van der Waals surface area contributed by atoms with Gasteiger partial charge in [-0.3, -0.25) is 0 Å². The van der Waals surface area contributed by atoms with Crippen LogP contribution in [0.4, 0.5) is 5.69 Å². The van der Waals surface area contributed by atoms with E-state index >= 15 is 0 Å². The first-order valence-corrected chi connectivity index (χ1v) is 5.53. The Labute approximate surface area is 100.0 Å². The SMILES string of the molecule is COC(=O)C1CN1c1c(C)cc(C)cc1Cl. The number of anilines is 1. The number of halogens is 1. The van der Waals surface area contributed by atoms with Gasteiger partial charge >= 0.3 is 5.97 Å². The van der Waals surface area contributed by atoms with Gasteiger partial charge < -0.3 is 9.64 Å². The van der Waals surface area contributed by atoms with E-state index < -0.39 is 0 Å². The Kier molecular flexibility index (Phi) is 2.80. The molecule has 1 atom stereocenters. The summed E-state index contributed by atoms with van der Waals surface area (Å²) < 4.78 is 4.71. The van der Waals surface area contributed by atoms with Gasteiger partial charge in [-0.2, -0.15) is 0 Å². The molecule has 0 aromatic heterocycles. The molecule has 2 rings (SSSR count). The maximum absolute atomic E-state index is 11.3. The number of methoxy groups -OCH3 is 1. The molecule has 16 heavy (non-hydrogen) atoms. The van der Waals surface area contributed by atoms with Gasteiger partial charge in [0.05, 0.1) is 24.4 Å². The molecule has 4 heteroatoms. The predicted octanol–water partition coefficient (Wildman–Crippen LogP) is 2.32. The van der Waals surface area contributed by atoms with Crippen molar-refractivity contribution in [2.45, 2.75) is 19.9 Å². The molecule has 1 aliphatic rings. The lowest BCUT2D eigenvalue weighted by molar-refractivity contribution is -0.139. The van der Waals surface area contributed by atoms with Crippen molar-refractivity contribution >= 4 is 23.3 Å². The highest BCUT2D eigenvalue weighted by atomic mass is 35.5. The van der Waals surface area contributed by atoms with Gasteiger partial charge in [-0.25, -0.2) is 4.79 Å². The fraction of sp³-hybridized carbons (Fsp3) is 0.417. The predicted molar refractivity (Wildman–Crippen MR) is 64.1 cm³/mol. The molecule has 1 unspecified atom stereocenters. The molecule has 1 aromatic carbocycles. The summed E-state index contributed by atoms with van der Waals surface area (Å²) in [6.07, 6.45) is 0. The van der Waals surface area contributed by atoms with Crippen molar-refractivity contribution in [3.63, 3.8) is 0 Å². The standard InChI is InChI=1S/C12H14ClNO2/c1-7-4-8(2)11(9(13)5-7)14-6-10(14)12(15)16-3/h4-5,10H,6H2,1-3H3. The van der Waals surface area contributed by atoms with Gasteiger partial charge in [-0.1, -0.05) is 17.7 Å². The minimum absolute atomic E-state index is 0.163. The van der Waals surface area contributed by atoms with Crippen molar-refractivity contribution in [3.05, 3.63) is 28.3 Å². The van der Waals surface area contributed by atoms with Crippen LogP contribution in [0.3, 0.4) is 0 Å². The van der Waals surface area contributed by atoms with E-state index in [0.717, 1.165) is 16.8 Å². The summed E-state index contributed by atoms with van der Waals surface area (Å²) >= 11 is 6.19. The first-order valence-electron chi connectivity index (χ1n) is 5.16. The number of carbonyl (C=O) groups excluding carboxylic acids is 1. The zero-order valence-electron chi connectivity index (χ0n) is 9.58. The Morgan fingerprint density at radius 2 is 2.19 bits per heavy atom. The molecule has 3 nitrogen and oxygen atoms in total. The summed E-state index contributed by atoms with van der Waals surface area (Å²) in [6.45, 7) is 4.69. The van der Waals surface area contributed by atoms with Crippen LogP contribution < -0.4 is 4.90 Å². The van der Waals surface area contributed by atoms with E-state index in [0.29, 0.717) is 11.6 Å². The van der Waals surface area contributed by atoms with E-state index in [1.807, 2.05) is 24.8 Å². The lowest BCUT2D eigenvalue weighted by Crippen LogP contribution is -2.14. The summed E-state index contributed by atoms with van der Waals surface area (Å²) in [6, 6.07) is 3.81. The fourth-order valence-corrected chi connectivity index (χ4v) is 2.43. The smallest absolute Gasteiger partial charge is 0.330 e. The normalized spacial score (nSPS) is 18.5. The average molecular weight is 240 g/mol. The Bertz CT molecular complexity index is 422. The average Bonchev–Trinajstić information content (AvgIpc) is 2.95. The number of carbonyl (C=O) groups is 1. The summed E-state index contributed by atoms with van der Waals surface area (Å²) in [4.78, 5) is 13.3. The van der Waals surface area contributed by atoms with E-state index in [2.05, 4.69) is 6.07 Å². The number of aryl methyl sites for hydroxylation is 2. The molecule has 0 aliphatic carbocycles. The van der Waals surface area contributed by atoms with Gasteiger partial charge in [0, 0.05) is 0 Å². The first kappa shape index (κ1) is 11.3. The highest BCUT2D eigenvalue weighted by Gasteiger charge is 2.43. The molecular formula is C12H14ClNO2. The number of esters is 1. The van der Waals surface area contributed by atoms with Crippen LogP contribution in [0.5, 0.6) is 0 Å². The van der Waals surface area contributed by atoms with Crippen molar-refractivity contribution in [1.82, 2.24) is 0 Å². The third-order valence-corrected chi connectivity index (χ3v) is 3.06. The molecule has 0 radical (unpaired) electrons. The van der Waals surface area contributed by atoms with Gasteiger partial charge in [0.25, 0.3) is 0 Å². The maximum atomic E-state index is 11.3. The highest BCUT2D eigenvalue weighted by molar-refractivity contribution is 6.33. The quantitative estimate of drug-likeness (QED) is 0.586. The fourth-order valence-electron chi connectivity index (χ4n) is 2.00. The van der Waals surface area contributed by atoms with Crippen LogP contribution in [0.25, 0.3) is 0 Å². The third kappa shape index (κ3) is 1.87. The summed E-state index contributed by atoms with van der Waals surface area (Å²) in [5.74, 6) is -0.198. The molecule has 0 spiro atoms. The molecule has 0 N–H and O–H groups in total. The van der Waals surface area contributed by atoms with Crippen LogP contribution in [0, 0.1) is 13.8 Å². The number of nitrogens with zero attached hydrogens (tertiary/aromatic N) is 1. The Hall–Kier alpha value is -1.22. The lowest BCUT2D eigenvalue weighted by Gasteiger charge is -2.12. The number of hydrogen-bond acceptors (Lipinski definition) is 3. The maximum Gasteiger partial charge on any atom is 0.330 e. The molecule has 1 fully saturated rings. The van der Waals surface area contributed by atoms with Crippen molar-refractivity contribution < 1.29 is 9.53 Å². The first-order chi connectivity index (χ1) is 7.54. The van der Waals surface area contributed by atoms with Crippen LogP contribution in [0.2, 0.25) is 5.02 Å². The summed E-state index contributed by atoms with van der Waals surface area (Å²) in [5.41, 5.74) is 3.17. The number of hydrogen-bond donors (Lipinski definition) is 0. The van der Waals surface area contributed by atoms with Crippen LogP contribution >= 0.6 is 11.6 Å². The minimum atomic E-state index is -0.198. The van der Waals surface area contributed by atoms with Gasteiger partial charge in [0.15, 0.2) is 0 Å². The monoisotopic (exact) mass is 239 g/mol. The minimum Gasteiger partial charge on any atom is -0.467 e. The second kappa shape index (κ2) is 3.98. The van der Waals surface area contributed by atoms with Crippen LogP contribution in [0.15, 0.2) is 12.1 Å². The van der Waals surface area contributed by atoms with Crippen molar-refractivity contribution in [1.29, 1.82) is 0 Å². The van der Waals surface area contributed by atoms with Gasteiger partial charge in [0.2, 0.25) is 0 Å². The zero-order chi connectivity index (χ0) is 11.9. The van der Waals surface area contributed by atoms with Crippen molar-refractivity contribution in [2.24, 2.45) is 0 Å². The Morgan fingerprint density at radius 3 is 2.75 bits per heavy atom. The second-order valence-corrected chi connectivity index (χ2v) is 4.51. The van der Waals surface area contributed by atoms with Crippen molar-refractivity contribution in [2.75, 3.05) is 18.6 Å². The topological polar surface area (TPSA) is 29.3 Å². The molecule has 1 aliphatic heterocycles. The highest BCUT2D eigenvalue weighted by Crippen LogP contribution is 2.38. The molecule has 1 heterocycles. The largest absolute Gasteiger partial charge is 0.467 e. The zero-order valence-corrected chi connectivity index (χ0v) is 10.3. The number of rotatable bonds is 2. The molecule has 0 bridgehead atoms. The summed E-state index contributed by atoms with van der Waals surface area (Å²) in [5, 5.41) is 0.698. The molecule has 0 amide bonds. The van der Waals surface area contributed by atoms with Crippen LogP contribution in [-0.4, -0.2) is 25.7 Å². The van der Waals surface area contributed by atoms with Crippen LogP contribution in [-0.2, 0) is 9.53 Å². The van der Waals surface area contributed by atoms with E-state index in [9.17, 15) is 4.79 Å². The van der Waals surface area contributed by atoms with Crippen molar-refractivity contribution in [3.8, 4) is 0 Å². The van der Waals surface area contributed by atoms with Crippen LogP contribution in [0.1, 0.15) is 11.1 Å². The number of benzene rings is 1. The van der Waals surface area contributed by atoms with E-state index in [1.54, 1.807) is 0 Å². The Balaban J connectivity index is 2.27. The molecule has 1 aromatic rings. The molecule has 86 valence electrons. The van der Waals surface area contributed by atoms with E-state index in [4.69, 9.17) is 16.3 Å². The molecular weight excluding hydrogens is 226 g/mol. The second-order valence-electron chi connectivity index (χ2n) is 4.10. The molecule has 1 saturated heterocycles. The Morgan fingerprint density at radius 1 is 1.50 bits per heavy atom. The van der Waals surface area contributed by atoms with E-state index in [-0.39, 0.29) is 12.0 Å². The van der Waals surface area contributed by atoms with Gasteiger partial charge in [-0.05, 0) is 31.0 Å².